The second-order valence-corrected chi connectivity index (χ2v) is 6.04. The number of hydrogen-bond donors (Lipinski definition) is 2. The van der Waals surface area contributed by atoms with Crippen LogP contribution in [-0.4, -0.2) is 60.4 Å². The second kappa shape index (κ2) is 7.49. The van der Waals surface area contributed by atoms with Crippen LogP contribution in [0.5, 0.6) is 0 Å². The minimum Gasteiger partial charge on any atom is -0.395 e. The fraction of sp³-hybridized carbons (Fsp3) is 0.400. The molecule has 2 N–H and O–H groups in total. The minimum absolute atomic E-state index is 0.0790. The number of pyridine rings is 1. The second-order valence-electron chi connectivity index (χ2n) is 5.01. The van der Waals surface area contributed by atoms with E-state index in [0.29, 0.717) is 4.88 Å². The van der Waals surface area contributed by atoms with Gasteiger partial charge in [-0.2, -0.15) is 0 Å². The highest BCUT2D eigenvalue weighted by Crippen LogP contribution is 2.26. The molecule has 0 radical (unpaired) electrons. The van der Waals surface area contributed by atoms with Crippen LogP contribution in [0.25, 0.3) is 10.6 Å². The van der Waals surface area contributed by atoms with E-state index in [4.69, 9.17) is 9.84 Å². The summed E-state index contributed by atoms with van der Waals surface area (Å²) in [5, 5.41) is 12.1. The minimum atomic E-state index is -0.222. The van der Waals surface area contributed by atoms with Crippen molar-refractivity contribution in [2.75, 3.05) is 44.4 Å². The predicted molar refractivity (Wildman–Crippen MR) is 87.8 cm³/mol. The number of carbonyl (C=O) groups is 1. The zero-order chi connectivity index (χ0) is 16.1. The number of rotatable bonds is 5. The molecule has 0 bridgehead atoms. The summed E-state index contributed by atoms with van der Waals surface area (Å²) in [4.78, 5) is 23.3. The molecule has 2 aromatic heterocycles. The van der Waals surface area contributed by atoms with Crippen LogP contribution in [0.15, 0.2) is 24.5 Å². The Balaban J connectivity index is 1.69. The SMILES string of the molecule is O=C(NCCO)c1cnc(-c2ccc(N3CCOCC3)nc2)s1. The molecular weight excluding hydrogens is 316 g/mol. The molecule has 0 spiro atoms. The van der Waals surface area contributed by atoms with E-state index in [1.165, 1.54) is 11.3 Å². The average molecular weight is 334 g/mol. The molecule has 0 aromatic carbocycles. The van der Waals surface area contributed by atoms with Crippen molar-refractivity contribution in [2.24, 2.45) is 0 Å². The van der Waals surface area contributed by atoms with Crippen molar-refractivity contribution in [1.82, 2.24) is 15.3 Å². The van der Waals surface area contributed by atoms with E-state index in [0.717, 1.165) is 42.7 Å². The molecule has 1 aliphatic rings. The molecule has 0 aliphatic carbocycles. The largest absolute Gasteiger partial charge is 0.395 e. The van der Waals surface area contributed by atoms with Crippen LogP contribution < -0.4 is 10.2 Å². The number of ether oxygens (including phenoxy) is 1. The lowest BCUT2D eigenvalue weighted by Crippen LogP contribution is -2.36. The Morgan fingerprint density at radius 2 is 2.13 bits per heavy atom. The fourth-order valence-corrected chi connectivity index (χ4v) is 3.08. The molecule has 8 heteroatoms. The summed E-state index contributed by atoms with van der Waals surface area (Å²) in [6.07, 6.45) is 3.32. The maximum absolute atomic E-state index is 11.8. The molecule has 7 nitrogen and oxygen atoms in total. The van der Waals surface area contributed by atoms with E-state index >= 15 is 0 Å². The van der Waals surface area contributed by atoms with Crippen LogP contribution in [0.4, 0.5) is 5.82 Å². The highest BCUT2D eigenvalue weighted by molar-refractivity contribution is 7.16. The Morgan fingerprint density at radius 3 is 2.83 bits per heavy atom. The van der Waals surface area contributed by atoms with Crippen molar-refractivity contribution in [3.63, 3.8) is 0 Å². The van der Waals surface area contributed by atoms with Crippen LogP contribution in [0.1, 0.15) is 9.67 Å². The van der Waals surface area contributed by atoms with E-state index in [1.807, 2.05) is 12.1 Å². The number of carbonyl (C=O) groups excluding carboxylic acids is 1. The molecule has 122 valence electrons. The summed E-state index contributed by atoms with van der Waals surface area (Å²) in [5.74, 6) is 0.704. The maximum atomic E-state index is 11.8. The third kappa shape index (κ3) is 3.84. The van der Waals surface area contributed by atoms with Crippen LogP contribution in [0.2, 0.25) is 0 Å². The van der Waals surface area contributed by atoms with E-state index in [2.05, 4.69) is 20.2 Å². The Morgan fingerprint density at radius 1 is 1.30 bits per heavy atom. The van der Waals surface area contributed by atoms with Crippen molar-refractivity contribution in [2.45, 2.75) is 0 Å². The van der Waals surface area contributed by atoms with E-state index < -0.39 is 0 Å². The molecule has 0 saturated carbocycles. The van der Waals surface area contributed by atoms with Gasteiger partial charge in [0.2, 0.25) is 0 Å². The van der Waals surface area contributed by atoms with Crippen LogP contribution >= 0.6 is 11.3 Å². The molecule has 1 aliphatic heterocycles. The van der Waals surface area contributed by atoms with Gasteiger partial charge in [0, 0.05) is 31.4 Å². The normalized spacial score (nSPS) is 14.7. The number of amides is 1. The van der Waals surface area contributed by atoms with E-state index in [1.54, 1.807) is 12.4 Å². The van der Waals surface area contributed by atoms with Gasteiger partial charge in [-0.25, -0.2) is 9.97 Å². The lowest BCUT2D eigenvalue weighted by molar-refractivity contribution is 0.0948. The third-order valence-electron chi connectivity index (χ3n) is 3.46. The number of aromatic nitrogens is 2. The fourth-order valence-electron chi connectivity index (χ4n) is 2.26. The van der Waals surface area contributed by atoms with Gasteiger partial charge >= 0.3 is 0 Å². The van der Waals surface area contributed by atoms with Gasteiger partial charge in [0.25, 0.3) is 5.91 Å². The Hall–Kier alpha value is -2.03. The molecule has 2 aromatic rings. The number of thiazole rings is 1. The van der Waals surface area contributed by atoms with Gasteiger partial charge in [-0.1, -0.05) is 0 Å². The lowest BCUT2D eigenvalue weighted by atomic mass is 10.3. The summed E-state index contributed by atoms with van der Waals surface area (Å²) in [7, 11) is 0. The Labute approximate surface area is 137 Å². The van der Waals surface area contributed by atoms with Gasteiger partial charge in [0.05, 0.1) is 26.0 Å². The summed E-state index contributed by atoms with van der Waals surface area (Å²) < 4.78 is 5.34. The molecular formula is C15H18N4O3S. The van der Waals surface area contributed by atoms with Gasteiger partial charge in [-0.3, -0.25) is 4.79 Å². The molecule has 1 fully saturated rings. The first-order valence-corrected chi connectivity index (χ1v) is 8.23. The maximum Gasteiger partial charge on any atom is 0.263 e. The van der Waals surface area contributed by atoms with Gasteiger partial charge in [0.15, 0.2) is 0 Å². The predicted octanol–water partition coefficient (Wildman–Crippen LogP) is 0.764. The zero-order valence-corrected chi connectivity index (χ0v) is 13.4. The first-order chi connectivity index (χ1) is 11.3. The lowest BCUT2D eigenvalue weighted by Gasteiger charge is -2.27. The van der Waals surface area contributed by atoms with Gasteiger partial charge in [-0.05, 0) is 12.1 Å². The number of nitrogens with zero attached hydrogens (tertiary/aromatic N) is 3. The molecule has 1 amide bonds. The van der Waals surface area contributed by atoms with Crippen molar-refractivity contribution in [1.29, 1.82) is 0 Å². The first-order valence-electron chi connectivity index (χ1n) is 7.42. The average Bonchev–Trinajstić information content (AvgIpc) is 3.11. The van der Waals surface area contributed by atoms with Crippen molar-refractivity contribution in [3.05, 3.63) is 29.4 Å². The number of nitrogens with one attached hydrogen (secondary N) is 1. The Bertz CT molecular complexity index is 653. The highest BCUT2D eigenvalue weighted by atomic mass is 32.1. The third-order valence-corrected chi connectivity index (χ3v) is 4.50. The van der Waals surface area contributed by atoms with Crippen LogP contribution in [0.3, 0.4) is 0 Å². The van der Waals surface area contributed by atoms with Crippen molar-refractivity contribution < 1.29 is 14.6 Å². The van der Waals surface area contributed by atoms with Crippen LogP contribution in [0, 0.1) is 0 Å². The summed E-state index contributed by atoms with van der Waals surface area (Å²) in [5.41, 5.74) is 0.883. The van der Waals surface area contributed by atoms with Gasteiger partial charge < -0.3 is 20.1 Å². The van der Waals surface area contributed by atoms with E-state index in [-0.39, 0.29) is 19.1 Å². The monoisotopic (exact) mass is 334 g/mol. The molecule has 0 unspecified atom stereocenters. The molecule has 1 saturated heterocycles. The number of hydrogen-bond acceptors (Lipinski definition) is 7. The molecule has 3 heterocycles. The highest BCUT2D eigenvalue weighted by Gasteiger charge is 2.14. The number of aliphatic hydroxyl groups is 1. The number of aliphatic hydroxyl groups excluding tert-OH is 1. The first kappa shape index (κ1) is 15.9. The van der Waals surface area contributed by atoms with Gasteiger partial charge in [-0.15, -0.1) is 11.3 Å². The molecule has 3 rings (SSSR count). The number of morpholine rings is 1. The standard InChI is InChI=1S/C15H18N4O3S/c20-6-3-16-14(21)12-10-18-15(23-12)11-1-2-13(17-9-11)19-4-7-22-8-5-19/h1-2,9-10,20H,3-8H2,(H,16,21). The molecule has 0 atom stereocenters. The van der Waals surface area contributed by atoms with E-state index in [9.17, 15) is 4.79 Å². The van der Waals surface area contributed by atoms with Crippen molar-refractivity contribution in [3.8, 4) is 10.6 Å². The summed E-state index contributed by atoms with van der Waals surface area (Å²) >= 11 is 1.31. The quantitative estimate of drug-likeness (QED) is 0.839. The van der Waals surface area contributed by atoms with Crippen molar-refractivity contribution >= 4 is 23.1 Å². The zero-order valence-electron chi connectivity index (χ0n) is 12.6. The Kier molecular flexibility index (Phi) is 5.16. The molecule has 23 heavy (non-hydrogen) atoms. The van der Waals surface area contributed by atoms with Gasteiger partial charge in [0.1, 0.15) is 15.7 Å². The topological polar surface area (TPSA) is 87.6 Å². The summed E-state index contributed by atoms with van der Waals surface area (Å²) in [6, 6.07) is 3.93. The van der Waals surface area contributed by atoms with Crippen LogP contribution in [-0.2, 0) is 4.74 Å². The smallest absolute Gasteiger partial charge is 0.263 e. The summed E-state index contributed by atoms with van der Waals surface area (Å²) in [6.45, 7) is 3.30. The number of anilines is 1.